The first-order chi connectivity index (χ1) is 16.3. The lowest BCUT2D eigenvalue weighted by atomic mass is 9.91. The Hall–Kier alpha value is -1.92. The third-order valence-corrected chi connectivity index (χ3v) is 7.93. The highest BCUT2D eigenvalue weighted by Gasteiger charge is 2.38. The Bertz CT molecular complexity index is 979. The van der Waals surface area contributed by atoms with E-state index in [0.717, 1.165) is 13.1 Å². The molecule has 36 heavy (non-hydrogen) atoms. The van der Waals surface area contributed by atoms with E-state index in [9.17, 15) is 0 Å². The van der Waals surface area contributed by atoms with Crippen molar-refractivity contribution in [3.05, 3.63) is 95.7 Å². The summed E-state index contributed by atoms with van der Waals surface area (Å²) in [6.45, 7) is 15.6. The second-order valence-electron chi connectivity index (χ2n) is 10.9. The van der Waals surface area contributed by atoms with E-state index in [2.05, 4.69) is 135 Å². The molecule has 196 valence electrons. The molecule has 6 heterocycles. The number of fused-ring (bicyclic) bond motifs is 6. The molecule has 0 aliphatic carbocycles. The monoisotopic (exact) mass is 614 g/mol. The van der Waals surface area contributed by atoms with Crippen LogP contribution in [-0.2, 0) is 0 Å². The average molecular weight is 616 g/mol. The first-order valence-electron chi connectivity index (χ1n) is 12.8. The molecule has 0 radical (unpaired) electrons. The van der Waals surface area contributed by atoms with Crippen LogP contribution in [0.3, 0.4) is 0 Å². The van der Waals surface area contributed by atoms with Gasteiger partial charge < -0.3 is 53.6 Å². The summed E-state index contributed by atoms with van der Waals surface area (Å²) in [5, 5.41) is 0. The summed E-state index contributed by atoms with van der Waals surface area (Å²) in [5.74, 6) is 0. The van der Waals surface area contributed by atoms with Gasteiger partial charge in [0.1, 0.15) is 0 Å². The van der Waals surface area contributed by atoms with Crippen LogP contribution in [-0.4, -0.2) is 68.9 Å². The molecule has 6 rings (SSSR count). The molecule has 0 aromatic heterocycles. The van der Waals surface area contributed by atoms with Crippen LogP contribution < -0.4 is 34.0 Å². The van der Waals surface area contributed by atoms with Gasteiger partial charge >= 0.3 is 0 Å². The van der Waals surface area contributed by atoms with Crippen molar-refractivity contribution in [3.8, 4) is 0 Å². The number of nitrogens with zero attached hydrogens (tertiary/aromatic N) is 4. The van der Waals surface area contributed by atoms with Crippen molar-refractivity contribution in [2.75, 3.05) is 13.1 Å². The van der Waals surface area contributed by atoms with Crippen LogP contribution in [0, 0.1) is 0 Å². The normalized spacial score (nSPS) is 33.2. The highest BCUT2D eigenvalue weighted by Crippen LogP contribution is 2.32. The van der Waals surface area contributed by atoms with E-state index in [-0.39, 0.29) is 34.0 Å². The topological polar surface area (TPSA) is 13.0 Å². The molecule has 6 unspecified atom stereocenters. The first-order valence-corrected chi connectivity index (χ1v) is 12.8. The quantitative estimate of drug-likeness (QED) is 0.360. The van der Waals surface area contributed by atoms with E-state index in [0.29, 0.717) is 36.3 Å². The van der Waals surface area contributed by atoms with Crippen LogP contribution >= 0.6 is 0 Å². The number of halogens is 2. The van der Waals surface area contributed by atoms with Gasteiger partial charge in [0.25, 0.3) is 0 Å². The number of hydrogen-bond donors (Lipinski definition) is 0. The zero-order chi connectivity index (χ0) is 24.0. The molecule has 0 spiro atoms. The van der Waals surface area contributed by atoms with Crippen LogP contribution in [0.4, 0.5) is 0 Å². The standard InChI is InChI=1S/2C15H20N2.2BrH/c2*1-11-4-6-16-10-13(3)17-7-5-12(2)9-15(17)14(16)8-11;;/h2*4-9,13-15H,10H2,1-3H3;2*1H/p-2. The van der Waals surface area contributed by atoms with Crippen molar-refractivity contribution < 1.29 is 34.0 Å². The summed E-state index contributed by atoms with van der Waals surface area (Å²) in [4.78, 5) is 9.94. The molecule has 2 saturated heterocycles. The van der Waals surface area contributed by atoms with Crippen molar-refractivity contribution in [1.82, 2.24) is 19.6 Å². The fraction of sp³-hybridized carbons (Fsp3) is 0.467. The van der Waals surface area contributed by atoms with E-state index >= 15 is 0 Å². The van der Waals surface area contributed by atoms with Crippen LogP contribution in [0.25, 0.3) is 0 Å². The highest BCUT2D eigenvalue weighted by molar-refractivity contribution is 5.34. The summed E-state index contributed by atoms with van der Waals surface area (Å²) in [7, 11) is 0. The predicted octanol–water partition coefficient (Wildman–Crippen LogP) is -0.638. The zero-order valence-corrected chi connectivity index (χ0v) is 25.5. The molecule has 0 N–H and O–H groups in total. The molecule has 6 aliphatic rings. The third kappa shape index (κ3) is 5.65. The molecule has 0 bridgehead atoms. The summed E-state index contributed by atoms with van der Waals surface area (Å²) in [6.07, 6.45) is 27.5. The lowest BCUT2D eigenvalue weighted by Gasteiger charge is -2.51. The van der Waals surface area contributed by atoms with Gasteiger partial charge in [-0.25, -0.2) is 0 Å². The highest BCUT2D eigenvalue weighted by atomic mass is 79.9. The van der Waals surface area contributed by atoms with Crippen LogP contribution in [0.1, 0.15) is 41.5 Å². The number of allylic oxidation sites excluding steroid dienone is 8. The second kappa shape index (κ2) is 11.6. The van der Waals surface area contributed by atoms with Crippen LogP contribution in [0.15, 0.2) is 95.7 Å². The molecule has 0 aromatic rings. The maximum absolute atomic E-state index is 2.50. The SMILES string of the molecule is CC1=CC2C3C=C(C)C=CN3C(C)CN2C=C1.CC1=CC2C3C=C(C)C=CN3C(C)CN2C=C1.[Br-].[Br-]. The lowest BCUT2D eigenvalue weighted by molar-refractivity contribution is -0.00100. The number of piperazine rings is 2. The third-order valence-electron chi connectivity index (χ3n) is 7.93. The molecule has 2 fully saturated rings. The van der Waals surface area contributed by atoms with E-state index in [1.54, 1.807) is 0 Å². The van der Waals surface area contributed by atoms with Gasteiger partial charge in [-0.1, -0.05) is 46.6 Å². The Morgan fingerprint density at radius 3 is 1.17 bits per heavy atom. The average Bonchev–Trinajstić information content (AvgIpc) is 2.80. The summed E-state index contributed by atoms with van der Waals surface area (Å²) < 4.78 is 0. The maximum Gasteiger partial charge on any atom is 0.0716 e. The van der Waals surface area contributed by atoms with E-state index < -0.39 is 0 Å². The van der Waals surface area contributed by atoms with Crippen molar-refractivity contribution in [2.45, 2.75) is 77.8 Å². The summed E-state index contributed by atoms with van der Waals surface area (Å²) in [5.41, 5.74) is 5.50. The molecule has 4 nitrogen and oxygen atoms in total. The van der Waals surface area contributed by atoms with Crippen LogP contribution in [0.2, 0.25) is 0 Å². The predicted molar refractivity (Wildman–Crippen MR) is 143 cm³/mol. The smallest absolute Gasteiger partial charge is 0.0716 e. The van der Waals surface area contributed by atoms with E-state index in [1.807, 2.05) is 0 Å². The van der Waals surface area contributed by atoms with Crippen molar-refractivity contribution in [1.29, 1.82) is 0 Å². The van der Waals surface area contributed by atoms with Crippen molar-refractivity contribution in [2.24, 2.45) is 0 Å². The molecule has 0 saturated carbocycles. The molecular weight excluding hydrogens is 576 g/mol. The van der Waals surface area contributed by atoms with Crippen molar-refractivity contribution in [3.63, 3.8) is 0 Å². The van der Waals surface area contributed by atoms with Crippen LogP contribution in [0.5, 0.6) is 0 Å². The lowest BCUT2D eigenvalue weighted by Crippen LogP contribution is -3.00. The molecular formula is C30H40Br2N4-2. The van der Waals surface area contributed by atoms with Gasteiger partial charge in [-0.05, 0) is 65.8 Å². The van der Waals surface area contributed by atoms with Gasteiger partial charge in [0.05, 0.1) is 24.2 Å². The molecule has 6 heteroatoms. The number of rotatable bonds is 0. The van der Waals surface area contributed by atoms with E-state index in [1.165, 1.54) is 22.3 Å². The molecule has 6 atom stereocenters. The second-order valence-corrected chi connectivity index (χ2v) is 10.9. The minimum atomic E-state index is 0. The molecule has 0 amide bonds. The Morgan fingerprint density at radius 2 is 0.806 bits per heavy atom. The Kier molecular flexibility index (Phi) is 9.26. The Morgan fingerprint density at radius 1 is 0.500 bits per heavy atom. The Labute approximate surface area is 239 Å². The van der Waals surface area contributed by atoms with Gasteiger partial charge in [0.2, 0.25) is 0 Å². The van der Waals surface area contributed by atoms with Gasteiger partial charge in [-0.2, -0.15) is 0 Å². The minimum absolute atomic E-state index is 0. The summed E-state index contributed by atoms with van der Waals surface area (Å²) >= 11 is 0. The molecule has 6 aliphatic heterocycles. The largest absolute Gasteiger partial charge is 1.00 e. The van der Waals surface area contributed by atoms with Crippen molar-refractivity contribution >= 4 is 0 Å². The number of hydrogen-bond acceptors (Lipinski definition) is 4. The fourth-order valence-electron chi connectivity index (χ4n) is 6.08. The summed E-state index contributed by atoms with van der Waals surface area (Å²) in [6, 6.07) is 3.13. The fourth-order valence-corrected chi connectivity index (χ4v) is 6.08. The first kappa shape index (κ1) is 28.6. The Balaban J connectivity index is 0.000000190. The van der Waals surface area contributed by atoms with Gasteiger partial charge in [0, 0.05) is 50.0 Å². The maximum atomic E-state index is 2.50. The molecule has 0 aromatic carbocycles. The minimum Gasteiger partial charge on any atom is -1.00 e. The van der Waals surface area contributed by atoms with Gasteiger partial charge in [0.15, 0.2) is 0 Å². The van der Waals surface area contributed by atoms with E-state index in [4.69, 9.17) is 0 Å². The van der Waals surface area contributed by atoms with Gasteiger partial charge in [-0.15, -0.1) is 0 Å². The van der Waals surface area contributed by atoms with Gasteiger partial charge in [-0.3, -0.25) is 0 Å². The zero-order valence-electron chi connectivity index (χ0n) is 22.4.